The first kappa shape index (κ1) is 16.2. The monoisotopic (exact) mass is 316 g/mol. The predicted octanol–water partition coefficient (Wildman–Crippen LogP) is 2.12. The summed E-state index contributed by atoms with van der Waals surface area (Å²) in [7, 11) is 1.65. The second kappa shape index (κ2) is 7.25. The number of ether oxygens (including phenoxy) is 2. The van der Waals surface area contributed by atoms with Crippen LogP contribution in [0.4, 0.5) is 0 Å². The van der Waals surface area contributed by atoms with Crippen LogP contribution in [0.3, 0.4) is 0 Å². The normalized spacial score (nSPS) is 17.3. The van der Waals surface area contributed by atoms with Crippen LogP contribution in [0, 0.1) is 5.41 Å². The van der Waals surface area contributed by atoms with E-state index in [0.717, 1.165) is 49.1 Å². The van der Waals surface area contributed by atoms with Crippen LogP contribution in [0.15, 0.2) is 30.3 Å². The van der Waals surface area contributed by atoms with Crippen LogP contribution in [0.1, 0.15) is 18.4 Å². The molecule has 1 aliphatic rings. The molecule has 0 saturated carbocycles. The van der Waals surface area contributed by atoms with Crippen molar-refractivity contribution in [2.75, 3.05) is 33.5 Å². The summed E-state index contributed by atoms with van der Waals surface area (Å²) in [6, 6.07) is 10.1. The molecule has 0 spiro atoms. The lowest BCUT2D eigenvalue weighted by Crippen LogP contribution is -2.41. The molecule has 1 saturated heterocycles. The Bertz CT molecular complexity index is 654. The van der Waals surface area contributed by atoms with Crippen LogP contribution in [-0.2, 0) is 11.3 Å². The molecule has 1 aliphatic heterocycles. The standard InChI is InChI=1S/C18H24N2O3/c1-22-17-15(10-14-4-2-3-5-16(14)20-17)11-19-12-18(13-21)6-8-23-9-7-18/h2-5,10,19,21H,6-9,11-13H2,1H3. The van der Waals surface area contributed by atoms with Gasteiger partial charge in [-0.2, -0.15) is 0 Å². The summed E-state index contributed by atoms with van der Waals surface area (Å²) in [5, 5.41) is 14.3. The molecule has 0 unspecified atom stereocenters. The Labute approximate surface area is 136 Å². The van der Waals surface area contributed by atoms with Crippen LogP contribution < -0.4 is 10.1 Å². The highest BCUT2D eigenvalue weighted by Crippen LogP contribution is 2.29. The minimum atomic E-state index is -0.0736. The van der Waals surface area contributed by atoms with Gasteiger partial charge in [-0.15, -0.1) is 0 Å². The van der Waals surface area contributed by atoms with E-state index >= 15 is 0 Å². The van der Waals surface area contributed by atoms with Crippen LogP contribution in [0.5, 0.6) is 5.88 Å². The van der Waals surface area contributed by atoms with E-state index < -0.39 is 0 Å². The molecule has 0 amide bonds. The number of para-hydroxylation sites is 1. The van der Waals surface area contributed by atoms with E-state index in [1.165, 1.54) is 0 Å². The number of aliphatic hydroxyl groups is 1. The van der Waals surface area contributed by atoms with Crippen molar-refractivity contribution in [2.45, 2.75) is 19.4 Å². The van der Waals surface area contributed by atoms with Crippen molar-refractivity contribution in [3.05, 3.63) is 35.9 Å². The third kappa shape index (κ3) is 3.63. The maximum atomic E-state index is 9.75. The number of benzene rings is 1. The summed E-state index contributed by atoms with van der Waals surface area (Å²) >= 11 is 0. The number of methoxy groups -OCH3 is 1. The number of aromatic nitrogens is 1. The van der Waals surface area contributed by atoms with E-state index in [1.54, 1.807) is 7.11 Å². The minimum absolute atomic E-state index is 0.0736. The molecular formula is C18H24N2O3. The van der Waals surface area contributed by atoms with Gasteiger partial charge in [-0.3, -0.25) is 0 Å². The van der Waals surface area contributed by atoms with Gasteiger partial charge in [-0.25, -0.2) is 4.98 Å². The Morgan fingerprint density at radius 3 is 2.83 bits per heavy atom. The summed E-state index contributed by atoms with van der Waals surface area (Å²) in [5.41, 5.74) is 1.89. The number of rotatable bonds is 6. The van der Waals surface area contributed by atoms with E-state index in [9.17, 15) is 5.11 Å². The molecule has 1 fully saturated rings. The number of pyridine rings is 1. The van der Waals surface area contributed by atoms with E-state index in [-0.39, 0.29) is 12.0 Å². The van der Waals surface area contributed by atoms with Gasteiger partial charge >= 0.3 is 0 Å². The highest BCUT2D eigenvalue weighted by molar-refractivity contribution is 5.80. The van der Waals surface area contributed by atoms with E-state index in [4.69, 9.17) is 9.47 Å². The van der Waals surface area contributed by atoms with Crippen LogP contribution in [0.2, 0.25) is 0 Å². The Morgan fingerprint density at radius 2 is 2.09 bits per heavy atom. The van der Waals surface area contributed by atoms with Gasteiger partial charge in [-0.1, -0.05) is 18.2 Å². The second-order valence-electron chi connectivity index (χ2n) is 6.22. The van der Waals surface area contributed by atoms with Gasteiger partial charge in [0.05, 0.1) is 19.2 Å². The number of aliphatic hydroxyl groups excluding tert-OH is 1. The fraction of sp³-hybridized carbons (Fsp3) is 0.500. The number of nitrogens with one attached hydrogen (secondary N) is 1. The van der Waals surface area contributed by atoms with Crippen LogP contribution in [0.25, 0.3) is 10.9 Å². The van der Waals surface area contributed by atoms with Gasteiger partial charge in [0.1, 0.15) is 0 Å². The maximum absolute atomic E-state index is 9.75. The molecule has 23 heavy (non-hydrogen) atoms. The molecule has 0 bridgehead atoms. The van der Waals surface area contributed by atoms with Gasteiger partial charge in [0.25, 0.3) is 0 Å². The van der Waals surface area contributed by atoms with Gasteiger partial charge in [-0.05, 0) is 25.0 Å². The molecule has 3 rings (SSSR count). The Kier molecular flexibility index (Phi) is 5.10. The van der Waals surface area contributed by atoms with Crippen molar-refractivity contribution >= 4 is 10.9 Å². The summed E-state index contributed by atoms with van der Waals surface area (Å²) in [6.07, 6.45) is 1.78. The molecule has 2 N–H and O–H groups in total. The summed E-state index contributed by atoms with van der Waals surface area (Å²) in [4.78, 5) is 4.56. The number of hydrogen-bond donors (Lipinski definition) is 2. The molecule has 124 valence electrons. The average molecular weight is 316 g/mol. The fourth-order valence-electron chi connectivity index (χ4n) is 3.10. The highest BCUT2D eigenvalue weighted by Gasteiger charge is 2.31. The minimum Gasteiger partial charge on any atom is -0.481 e. The maximum Gasteiger partial charge on any atom is 0.218 e. The van der Waals surface area contributed by atoms with Crippen LogP contribution >= 0.6 is 0 Å². The molecule has 2 heterocycles. The van der Waals surface area contributed by atoms with Gasteiger partial charge < -0.3 is 19.9 Å². The van der Waals surface area contributed by atoms with Crippen LogP contribution in [-0.4, -0.2) is 43.6 Å². The third-order valence-corrected chi connectivity index (χ3v) is 4.66. The molecule has 5 nitrogen and oxygen atoms in total. The first-order chi connectivity index (χ1) is 11.3. The Morgan fingerprint density at radius 1 is 1.30 bits per heavy atom. The number of fused-ring (bicyclic) bond motifs is 1. The summed E-state index contributed by atoms with van der Waals surface area (Å²) in [5.74, 6) is 0.654. The number of hydrogen-bond acceptors (Lipinski definition) is 5. The zero-order valence-electron chi connectivity index (χ0n) is 13.5. The zero-order chi connectivity index (χ0) is 16.1. The smallest absolute Gasteiger partial charge is 0.218 e. The second-order valence-corrected chi connectivity index (χ2v) is 6.22. The zero-order valence-corrected chi connectivity index (χ0v) is 13.5. The van der Waals surface area contributed by atoms with Crippen molar-refractivity contribution in [3.63, 3.8) is 0 Å². The lowest BCUT2D eigenvalue weighted by molar-refractivity contribution is -0.0154. The lowest BCUT2D eigenvalue weighted by Gasteiger charge is -2.35. The first-order valence-electron chi connectivity index (χ1n) is 8.08. The van der Waals surface area contributed by atoms with Crippen molar-refractivity contribution < 1.29 is 14.6 Å². The highest BCUT2D eigenvalue weighted by atomic mass is 16.5. The van der Waals surface area contributed by atoms with Gasteiger partial charge in [0.2, 0.25) is 5.88 Å². The molecule has 0 aliphatic carbocycles. The lowest BCUT2D eigenvalue weighted by atomic mass is 9.81. The molecule has 0 atom stereocenters. The molecule has 5 heteroatoms. The first-order valence-corrected chi connectivity index (χ1v) is 8.08. The average Bonchev–Trinajstić information content (AvgIpc) is 2.62. The molecule has 2 aromatic rings. The largest absolute Gasteiger partial charge is 0.481 e. The third-order valence-electron chi connectivity index (χ3n) is 4.66. The Hall–Kier alpha value is -1.69. The summed E-state index contributed by atoms with van der Waals surface area (Å²) in [6.45, 7) is 3.08. The molecular weight excluding hydrogens is 292 g/mol. The van der Waals surface area contributed by atoms with E-state index in [1.807, 2.05) is 18.2 Å². The van der Waals surface area contributed by atoms with Crippen molar-refractivity contribution in [1.82, 2.24) is 10.3 Å². The quantitative estimate of drug-likeness (QED) is 0.855. The SMILES string of the molecule is COc1nc2ccccc2cc1CNCC1(CO)CCOCC1. The van der Waals surface area contributed by atoms with Gasteiger partial charge in [0.15, 0.2) is 0 Å². The van der Waals surface area contributed by atoms with Crippen molar-refractivity contribution in [3.8, 4) is 5.88 Å². The molecule has 0 radical (unpaired) electrons. The van der Waals surface area contributed by atoms with E-state index in [0.29, 0.717) is 12.4 Å². The topological polar surface area (TPSA) is 63.6 Å². The van der Waals surface area contributed by atoms with Crippen molar-refractivity contribution in [2.24, 2.45) is 5.41 Å². The number of nitrogens with zero attached hydrogens (tertiary/aromatic N) is 1. The van der Waals surface area contributed by atoms with Crippen molar-refractivity contribution in [1.29, 1.82) is 0 Å². The Balaban J connectivity index is 1.71. The van der Waals surface area contributed by atoms with Gasteiger partial charge in [0, 0.05) is 42.7 Å². The predicted molar refractivity (Wildman–Crippen MR) is 89.6 cm³/mol. The van der Waals surface area contributed by atoms with E-state index in [2.05, 4.69) is 22.4 Å². The molecule has 1 aromatic heterocycles. The molecule has 1 aromatic carbocycles. The fourth-order valence-corrected chi connectivity index (χ4v) is 3.10. The summed E-state index contributed by atoms with van der Waals surface area (Å²) < 4.78 is 10.8.